The van der Waals surface area contributed by atoms with Crippen LogP contribution in [0.25, 0.3) is 0 Å². The molecule has 96 valence electrons. The number of aliphatic hydroxyl groups is 1. The van der Waals surface area contributed by atoms with E-state index in [-0.39, 0.29) is 12.6 Å². The first-order valence-corrected chi connectivity index (χ1v) is 8.08. The van der Waals surface area contributed by atoms with Crippen LogP contribution in [0.4, 0.5) is 0 Å². The molecule has 4 nitrogen and oxygen atoms in total. The second-order valence-corrected chi connectivity index (χ2v) is 7.42. The summed E-state index contributed by atoms with van der Waals surface area (Å²) in [5.74, 6) is 0. The predicted octanol–water partition coefficient (Wildman–Crippen LogP) is 1.80. The summed E-state index contributed by atoms with van der Waals surface area (Å²) in [4.78, 5) is 0. The van der Waals surface area contributed by atoms with E-state index in [1.54, 1.807) is 15.8 Å². The number of sulfonamides is 1. The predicted molar refractivity (Wildman–Crippen MR) is 67.4 cm³/mol. The van der Waals surface area contributed by atoms with E-state index >= 15 is 0 Å². The number of piperidine rings is 1. The lowest BCUT2D eigenvalue weighted by atomic mass is 10.1. The molecule has 6 heteroatoms. The molecule has 1 aromatic heterocycles. The van der Waals surface area contributed by atoms with Gasteiger partial charge in [0.15, 0.2) is 0 Å². The Balaban J connectivity index is 2.28. The van der Waals surface area contributed by atoms with Crippen LogP contribution in [-0.4, -0.2) is 30.4 Å². The minimum absolute atomic E-state index is 0.0772. The molecule has 0 saturated carbocycles. The van der Waals surface area contributed by atoms with E-state index in [2.05, 4.69) is 0 Å². The summed E-state index contributed by atoms with van der Waals surface area (Å²) in [7, 11) is -3.36. The van der Waals surface area contributed by atoms with Crippen LogP contribution in [0.3, 0.4) is 0 Å². The molecule has 1 N–H and O–H groups in total. The molecule has 0 aromatic carbocycles. The Morgan fingerprint density at radius 3 is 2.88 bits per heavy atom. The van der Waals surface area contributed by atoms with Crippen molar-refractivity contribution < 1.29 is 13.5 Å². The van der Waals surface area contributed by atoms with Gasteiger partial charge in [0.25, 0.3) is 10.0 Å². The van der Waals surface area contributed by atoms with Crippen LogP contribution in [-0.2, 0) is 16.6 Å². The zero-order chi connectivity index (χ0) is 12.5. The summed E-state index contributed by atoms with van der Waals surface area (Å²) in [5, 5.41) is 10.7. The summed E-state index contributed by atoms with van der Waals surface area (Å²) in [6.45, 7) is 2.45. The summed E-state index contributed by atoms with van der Waals surface area (Å²) in [5.41, 5.74) is 0.665. The third-order valence-electron chi connectivity index (χ3n) is 3.12. The van der Waals surface area contributed by atoms with Gasteiger partial charge in [-0.1, -0.05) is 6.42 Å². The highest BCUT2D eigenvalue weighted by molar-refractivity contribution is 7.91. The second-order valence-electron chi connectivity index (χ2n) is 4.39. The van der Waals surface area contributed by atoms with Crippen LogP contribution in [0, 0.1) is 0 Å². The smallest absolute Gasteiger partial charge is 0.252 e. The van der Waals surface area contributed by atoms with Crippen LogP contribution in [0.5, 0.6) is 0 Å². The van der Waals surface area contributed by atoms with Crippen molar-refractivity contribution in [3.05, 3.63) is 17.0 Å². The second kappa shape index (κ2) is 5.06. The topological polar surface area (TPSA) is 57.6 Å². The normalized spacial score (nSPS) is 22.8. The number of aliphatic hydroxyl groups excluding tert-OH is 1. The van der Waals surface area contributed by atoms with Gasteiger partial charge in [0.2, 0.25) is 0 Å². The number of thiophene rings is 1. The first kappa shape index (κ1) is 13.0. The molecule has 0 spiro atoms. The molecule has 1 unspecified atom stereocenters. The minimum atomic E-state index is -3.36. The van der Waals surface area contributed by atoms with Crippen LogP contribution in [0.1, 0.15) is 31.7 Å². The molecule has 0 amide bonds. The molecule has 0 bridgehead atoms. The molecule has 1 fully saturated rings. The third kappa shape index (κ3) is 2.54. The zero-order valence-corrected chi connectivity index (χ0v) is 11.4. The van der Waals surface area contributed by atoms with Crippen molar-refractivity contribution in [1.29, 1.82) is 0 Å². The van der Waals surface area contributed by atoms with Crippen molar-refractivity contribution in [1.82, 2.24) is 4.31 Å². The lowest BCUT2D eigenvalue weighted by molar-refractivity contribution is 0.269. The monoisotopic (exact) mass is 275 g/mol. The molecule has 17 heavy (non-hydrogen) atoms. The fourth-order valence-corrected chi connectivity index (χ4v) is 5.14. The lowest BCUT2D eigenvalue weighted by Crippen LogP contribution is -2.41. The Morgan fingerprint density at radius 2 is 2.29 bits per heavy atom. The van der Waals surface area contributed by atoms with Crippen molar-refractivity contribution in [2.75, 3.05) is 6.54 Å². The molecule has 0 radical (unpaired) electrons. The first-order chi connectivity index (χ1) is 8.05. The van der Waals surface area contributed by atoms with Crippen molar-refractivity contribution >= 4 is 21.4 Å². The molecule has 1 aliphatic rings. The third-order valence-corrected chi connectivity index (χ3v) is 6.59. The Morgan fingerprint density at radius 1 is 1.53 bits per heavy atom. The highest BCUT2D eigenvalue weighted by atomic mass is 32.2. The molecule has 2 rings (SSSR count). The molecule has 1 aromatic rings. The molecular formula is C11H17NO3S2. The first-order valence-electron chi connectivity index (χ1n) is 5.76. The quantitative estimate of drug-likeness (QED) is 0.915. The van der Waals surface area contributed by atoms with E-state index < -0.39 is 10.0 Å². The van der Waals surface area contributed by atoms with Gasteiger partial charge in [-0.05, 0) is 36.8 Å². The molecule has 0 aliphatic carbocycles. The van der Waals surface area contributed by atoms with Gasteiger partial charge >= 0.3 is 0 Å². The number of rotatable bonds is 3. The molecule has 1 saturated heterocycles. The van der Waals surface area contributed by atoms with Gasteiger partial charge < -0.3 is 5.11 Å². The van der Waals surface area contributed by atoms with E-state index in [0.29, 0.717) is 16.3 Å². The maximum absolute atomic E-state index is 12.4. The van der Waals surface area contributed by atoms with Gasteiger partial charge in [-0.25, -0.2) is 8.42 Å². The minimum Gasteiger partial charge on any atom is -0.392 e. The van der Waals surface area contributed by atoms with E-state index in [4.69, 9.17) is 5.11 Å². The van der Waals surface area contributed by atoms with Crippen molar-refractivity contribution in [3.63, 3.8) is 0 Å². The van der Waals surface area contributed by atoms with Gasteiger partial charge in [0.05, 0.1) is 6.61 Å². The molecular weight excluding hydrogens is 258 g/mol. The summed E-state index contributed by atoms with van der Waals surface area (Å²) >= 11 is 1.19. The van der Waals surface area contributed by atoms with E-state index in [1.165, 1.54) is 11.3 Å². The van der Waals surface area contributed by atoms with Crippen molar-refractivity contribution in [3.8, 4) is 0 Å². The maximum atomic E-state index is 12.4. The Labute approximate surface area is 106 Å². The van der Waals surface area contributed by atoms with E-state index in [9.17, 15) is 8.42 Å². The van der Waals surface area contributed by atoms with Crippen LogP contribution >= 0.6 is 11.3 Å². The summed E-state index contributed by atoms with van der Waals surface area (Å²) in [6.07, 6.45) is 2.96. The largest absolute Gasteiger partial charge is 0.392 e. The fraction of sp³-hybridized carbons (Fsp3) is 0.636. The van der Waals surface area contributed by atoms with E-state index in [0.717, 1.165) is 19.3 Å². The van der Waals surface area contributed by atoms with Gasteiger partial charge in [0, 0.05) is 12.6 Å². The van der Waals surface area contributed by atoms with Gasteiger partial charge in [-0.2, -0.15) is 4.31 Å². The Hall–Kier alpha value is -0.430. The average Bonchev–Trinajstić information content (AvgIpc) is 2.78. The highest BCUT2D eigenvalue weighted by Gasteiger charge is 2.31. The SMILES string of the molecule is CC1CCCCN1S(=O)(=O)c1cc(CO)cs1. The van der Waals surface area contributed by atoms with Crippen LogP contribution in [0.2, 0.25) is 0 Å². The van der Waals surface area contributed by atoms with Gasteiger partial charge in [-0.15, -0.1) is 11.3 Å². The molecule has 2 heterocycles. The van der Waals surface area contributed by atoms with Crippen molar-refractivity contribution in [2.45, 2.75) is 43.0 Å². The van der Waals surface area contributed by atoms with E-state index in [1.807, 2.05) is 6.92 Å². The van der Waals surface area contributed by atoms with Crippen LogP contribution in [0.15, 0.2) is 15.7 Å². The Bertz CT molecular complexity index is 481. The van der Waals surface area contributed by atoms with Gasteiger partial charge in [-0.3, -0.25) is 0 Å². The number of hydrogen-bond donors (Lipinski definition) is 1. The fourth-order valence-electron chi connectivity index (χ4n) is 2.12. The van der Waals surface area contributed by atoms with Gasteiger partial charge in [0.1, 0.15) is 4.21 Å². The number of nitrogens with zero attached hydrogens (tertiary/aromatic N) is 1. The molecule has 1 atom stereocenters. The highest BCUT2D eigenvalue weighted by Crippen LogP contribution is 2.28. The average molecular weight is 275 g/mol. The molecule has 1 aliphatic heterocycles. The lowest BCUT2D eigenvalue weighted by Gasteiger charge is -2.31. The number of hydrogen-bond acceptors (Lipinski definition) is 4. The summed E-state index contributed by atoms with van der Waals surface area (Å²) in [6, 6.07) is 1.65. The van der Waals surface area contributed by atoms with Crippen LogP contribution < -0.4 is 0 Å². The Kier molecular flexibility index (Phi) is 3.87. The summed E-state index contributed by atoms with van der Waals surface area (Å²) < 4.78 is 26.7. The van der Waals surface area contributed by atoms with Crippen molar-refractivity contribution in [2.24, 2.45) is 0 Å². The zero-order valence-electron chi connectivity index (χ0n) is 9.80. The standard InChI is InChI=1S/C11H17NO3S2/c1-9-4-2-3-5-12(9)17(14,15)11-6-10(7-13)8-16-11/h6,8-9,13H,2-5,7H2,1H3. The maximum Gasteiger partial charge on any atom is 0.252 e.